The number of rotatable bonds is 7. The van der Waals surface area contributed by atoms with E-state index in [1.807, 2.05) is 0 Å². The molecule has 0 heterocycles. The average Bonchev–Trinajstić information content (AvgIpc) is 2.65. The minimum atomic E-state index is -0.919. The maximum absolute atomic E-state index is 12.1. The Morgan fingerprint density at radius 2 is 1.85 bits per heavy atom. The molecular weight excluding hydrogens is 391 g/mol. The first-order chi connectivity index (χ1) is 12.9. The Bertz CT molecular complexity index is 690. The largest absolute Gasteiger partial charge is 0.451 e. The van der Waals surface area contributed by atoms with Crippen molar-refractivity contribution in [2.75, 3.05) is 13.1 Å². The van der Waals surface area contributed by atoms with E-state index in [-0.39, 0.29) is 23.0 Å². The van der Waals surface area contributed by atoms with Gasteiger partial charge in [-0.05, 0) is 43.9 Å². The van der Waals surface area contributed by atoms with Crippen molar-refractivity contribution in [2.24, 2.45) is 5.92 Å². The fourth-order valence-corrected chi connectivity index (χ4v) is 3.49. The summed E-state index contributed by atoms with van der Waals surface area (Å²) in [7, 11) is 0. The molecule has 1 aromatic carbocycles. The van der Waals surface area contributed by atoms with Crippen LogP contribution in [0.25, 0.3) is 0 Å². The van der Waals surface area contributed by atoms with Crippen LogP contribution in [0.2, 0.25) is 10.0 Å². The lowest BCUT2D eigenvalue weighted by Gasteiger charge is -2.22. The molecule has 8 heteroatoms. The number of amides is 2. The molecule has 0 radical (unpaired) electrons. The van der Waals surface area contributed by atoms with E-state index in [0.29, 0.717) is 17.5 Å². The zero-order chi connectivity index (χ0) is 19.8. The van der Waals surface area contributed by atoms with Crippen molar-refractivity contribution >= 4 is 41.0 Å². The minimum absolute atomic E-state index is 0.184. The fraction of sp³-hybridized carbons (Fsp3) is 0.526. The zero-order valence-corrected chi connectivity index (χ0v) is 16.7. The van der Waals surface area contributed by atoms with Crippen LogP contribution in [0.15, 0.2) is 18.2 Å². The summed E-state index contributed by atoms with van der Waals surface area (Å²) in [6, 6.07) is 4.43. The van der Waals surface area contributed by atoms with Gasteiger partial charge in [-0.3, -0.25) is 14.4 Å². The second kappa shape index (κ2) is 10.5. The molecular formula is C19H24Cl2N2O4. The average molecular weight is 415 g/mol. The van der Waals surface area contributed by atoms with Gasteiger partial charge in [-0.2, -0.15) is 0 Å². The van der Waals surface area contributed by atoms with E-state index in [4.69, 9.17) is 27.9 Å². The van der Waals surface area contributed by atoms with Gasteiger partial charge in [-0.15, -0.1) is 0 Å². The summed E-state index contributed by atoms with van der Waals surface area (Å²) >= 11 is 11.7. The molecule has 0 bridgehead atoms. The second-order valence-corrected chi connectivity index (χ2v) is 7.53. The van der Waals surface area contributed by atoms with Gasteiger partial charge in [-0.1, -0.05) is 42.5 Å². The predicted molar refractivity (Wildman–Crippen MR) is 104 cm³/mol. The van der Waals surface area contributed by atoms with Gasteiger partial charge in [-0.25, -0.2) is 0 Å². The van der Waals surface area contributed by atoms with Crippen LogP contribution in [-0.2, 0) is 14.3 Å². The number of ether oxygens (including phenoxy) is 1. The standard InChI is InChI=1S/C19H24Cl2N2O4/c1-12(18(25)22-10-13-5-3-2-4-6-13)27-17(24)11-23-19(26)15-8-7-14(20)9-16(15)21/h7-9,12-13H,2-6,10-11H2,1H3,(H,22,25)(H,23,26). The molecule has 1 unspecified atom stereocenters. The third-order valence-electron chi connectivity index (χ3n) is 4.54. The molecule has 2 rings (SSSR count). The van der Waals surface area contributed by atoms with Gasteiger partial charge in [0.05, 0.1) is 10.6 Å². The normalized spacial score (nSPS) is 15.7. The van der Waals surface area contributed by atoms with Crippen molar-refractivity contribution in [2.45, 2.75) is 45.1 Å². The smallest absolute Gasteiger partial charge is 0.326 e. The van der Waals surface area contributed by atoms with E-state index < -0.39 is 18.0 Å². The van der Waals surface area contributed by atoms with Gasteiger partial charge in [0.1, 0.15) is 6.54 Å². The number of halogens is 2. The predicted octanol–water partition coefficient (Wildman–Crippen LogP) is 3.35. The summed E-state index contributed by atoms with van der Waals surface area (Å²) in [4.78, 5) is 36.0. The molecule has 1 aliphatic rings. The van der Waals surface area contributed by atoms with Crippen LogP contribution < -0.4 is 10.6 Å². The summed E-state index contributed by atoms with van der Waals surface area (Å²) in [6.45, 7) is 1.75. The molecule has 2 amide bonds. The lowest BCUT2D eigenvalue weighted by molar-refractivity contribution is -0.153. The monoisotopic (exact) mass is 414 g/mol. The lowest BCUT2D eigenvalue weighted by atomic mass is 9.89. The first-order valence-corrected chi connectivity index (χ1v) is 9.83. The molecule has 6 nitrogen and oxygen atoms in total. The lowest BCUT2D eigenvalue weighted by Crippen LogP contribution is -2.40. The summed E-state index contributed by atoms with van der Waals surface area (Å²) in [5, 5.41) is 5.83. The highest BCUT2D eigenvalue weighted by Gasteiger charge is 2.20. The SMILES string of the molecule is CC(OC(=O)CNC(=O)c1ccc(Cl)cc1Cl)C(=O)NCC1CCCCC1. The molecule has 0 aliphatic heterocycles. The Kier molecular flexibility index (Phi) is 8.38. The van der Waals surface area contributed by atoms with Crippen molar-refractivity contribution in [3.8, 4) is 0 Å². The maximum Gasteiger partial charge on any atom is 0.326 e. The van der Waals surface area contributed by atoms with E-state index in [2.05, 4.69) is 10.6 Å². The third kappa shape index (κ3) is 7.03. The van der Waals surface area contributed by atoms with Crippen LogP contribution in [0.5, 0.6) is 0 Å². The van der Waals surface area contributed by atoms with Gasteiger partial charge in [0.2, 0.25) is 0 Å². The van der Waals surface area contributed by atoms with Crippen LogP contribution in [0.3, 0.4) is 0 Å². The topological polar surface area (TPSA) is 84.5 Å². The van der Waals surface area contributed by atoms with Crippen molar-refractivity contribution in [3.63, 3.8) is 0 Å². The van der Waals surface area contributed by atoms with Crippen LogP contribution in [-0.4, -0.2) is 37.0 Å². The maximum atomic E-state index is 12.1. The first-order valence-electron chi connectivity index (χ1n) is 9.07. The van der Waals surface area contributed by atoms with Crippen molar-refractivity contribution in [1.82, 2.24) is 10.6 Å². The van der Waals surface area contributed by atoms with Crippen LogP contribution in [0.1, 0.15) is 49.4 Å². The Morgan fingerprint density at radius 3 is 2.52 bits per heavy atom. The van der Waals surface area contributed by atoms with Crippen molar-refractivity contribution in [3.05, 3.63) is 33.8 Å². The molecule has 0 saturated heterocycles. The van der Waals surface area contributed by atoms with Crippen LogP contribution in [0.4, 0.5) is 0 Å². The second-order valence-electron chi connectivity index (χ2n) is 6.69. The molecule has 27 heavy (non-hydrogen) atoms. The molecule has 0 spiro atoms. The Balaban J connectivity index is 1.72. The third-order valence-corrected chi connectivity index (χ3v) is 5.08. The highest BCUT2D eigenvalue weighted by molar-refractivity contribution is 6.36. The number of esters is 1. The van der Waals surface area contributed by atoms with E-state index >= 15 is 0 Å². The number of carbonyl (C=O) groups is 3. The van der Waals surface area contributed by atoms with Gasteiger partial charge >= 0.3 is 5.97 Å². The van der Waals surface area contributed by atoms with Crippen molar-refractivity contribution < 1.29 is 19.1 Å². The Hall–Kier alpha value is -1.79. The fourth-order valence-electron chi connectivity index (χ4n) is 2.99. The highest BCUT2D eigenvalue weighted by atomic mass is 35.5. The number of nitrogens with one attached hydrogen (secondary N) is 2. The van der Waals surface area contributed by atoms with E-state index in [1.165, 1.54) is 44.4 Å². The van der Waals surface area contributed by atoms with E-state index in [9.17, 15) is 14.4 Å². The molecule has 1 fully saturated rings. The first kappa shape index (κ1) is 21.5. The summed E-state index contributed by atoms with van der Waals surface area (Å²) < 4.78 is 5.07. The number of carbonyl (C=O) groups excluding carboxylic acids is 3. The Labute approximate surface area is 168 Å². The molecule has 1 saturated carbocycles. The molecule has 2 N–H and O–H groups in total. The summed E-state index contributed by atoms with van der Waals surface area (Å²) in [5.74, 6) is -1.06. The Morgan fingerprint density at radius 1 is 1.15 bits per heavy atom. The highest BCUT2D eigenvalue weighted by Crippen LogP contribution is 2.23. The van der Waals surface area contributed by atoms with Gasteiger partial charge < -0.3 is 15.4 Å². The molecule has 1 atom stereocenters. The number of hydrogen-bond acceptors (Lipinski definition) is 4. The summed E-state index contributed by atoms with van der Waals surface area (Å²) in [6.07, 6.45) is 4.97. The van der Waals surface area contributed by atoms with Crippen LogP contribution in [0, 0.1) is 5.92 Å². The molecule has 1 aromatic rings. The summed E-state index contributed by atoms with van der Waals surface area (Å²) in [5.41, 5.74) is 0.201. The van der Waals surface area contributed by atoms with Crippen LogP contribution >= 0.6 is 23.2 Å². The van der Waals surface area contributed by atoms with E-state index in [0.717, 1.165) is 12.8 Å². The molecule has 0 aromatic heterocycles. The van der Waals surface area contributed by atoms with E-state index in [1.54, 1.807) is 0 Å². The van der Waals surface area contributed by atoms with Gasteiger partial charge in [0, 0.05) is 11.6 Å². The van der Waals surface area contributed by atoms with Gasteiger partial charge in [0.25, 0.3) is 11.8 Å². The van der Waals surface area contributed by atoms with Gasteiger partial charge in [0.15, 0.2) is 6.10 Å². The number of benzene rings is 1. The minimum Gasteiger partial charge on any atom is -0.451 e. The quantitative estimate of drug-likeness (QED) is 0.669. The van der Waals surface area contributed by atoms with Crippen molar-refractivity contribution in [1.29, 1.82) is 0 Å². The number of hydrogen-bond donors (Lipinski definition) is 2. The zero-order valence-electron chi connectivity index (χ0n) is 15.2. The molecule has 148 valence electrons. The molecule has 1 aliphatic carbocycles.